The number of aryl methyl sites for hydroxylation is 2. The van der Waals surface area contributed by atoms with Crippen LogP contribution in [0.2, 0.25) is 10.0 Å². The van der Waals surface area contributed by atoms with E-state index < -0.39 is 6.04 Å². The molecule has 0 aliphatic carbocycles. The Kier molecular flexibility index (Phi) is 11.4. The maximum atomic E-state index is 13.7. The zero-order valence-corrected chi connectivity index (χ0v) is 23.9. The van der Waals surface area contributed by atoms with Crippen LogP contribution >= 0.6 is 35.0 Å². The minimum absolute atomic E-state index is 0.0898. The minimum Gasteiger partial charge on any atom is -0.354 e. The lowest BCUT2D eigenvalue weighted by molar-refractivity contribution is -0.139. The van der Waals surface area contributed by atoms with Gasteiger partial charge in [0, 0.05) is 25.3 Å². The molecular formula is C30H34Cl2N2O2S. The molecule has 0 saturated carbocycles. The standard InChI is InChI=1S/C30H34Cl2N2O2S/c1-4-12-33-30(36)28(17-23-8-6-5-7-9-23)34(18-24-10-11-26(31)27(32)16-24)29(35)20-37-19-25-14-21(2)13-22(3)15-25/h5-11,13-16,28H,4,12,17-20H2,1-3H3,(H,33,36)/t28-/m1/s1. The second-order valence-electron chi connectivity index (χ2n) is 9.26. The predicted octanol–water partition coefficient (Wildman–Crippen LogP) is 7.01. The van der Waals surface area contributed by atoms with E-state index in [1.165, 1.54) is 16.7 Å². The summed E-state index contributed by atoms with van der Waals surface area (Å²) in [4.78, 5) is 28.8. The number of benzene rings is 3. The minimum atomic E-state index is -0.655. The molecule has 0 aliphatic rings. The normalized spacial score (nSPS) is 11.7. The smallest absolute Gasteiger partial charge is 0.243 e. The highest BCUT2D eigenvalue weighted by atomic mass is 35.5. The van der Waals surface area contributed by atoms with Gasteiger partial charge in [-0.25, -0.2) is 0 Å². The molecule has 0 bridgehead atoms. The van der Waals surface area contributed by atoms with Crippen molar-refractivity contribution in [3.05, 3.63) is 105 Å². The van der Waals surface area contributed by atoms with Crippen LogP contribution in [0.5, 0.6) is 0 Å². The third kappa shape index (κ3) is 9.10. The molecule has 4 nitrogen and oxygen atoms in total. The van der Waals surface area contributed by atoms with E-state index in [9.17, 15) is 9.59 Å². The van der Waals surface area contributed by atoms with Gasteiger partial charge in [-0.2, -0.15) is 0 Å². The van der Waals surface area contributed by atoms with Gasteiger partial charge in [0.15, 0.2) is 0 Å². The Labute approximate surface area is 234 Å². The molecule has 3 aromatic rings. The van der Waals surface area contributed by atoms with Crippen molar-refractivity contribution in [2.75, 3.05) is 12.3 Å². The number of carbonyl (C=O) groups is 2. The summed E-state index contributed by atoms with van der Waals surface area (Å²) in [5.41, 5.74) is 5.42. The van der Waals surface area contributed by atoms with Crippen molar-refractivity contribution in [3.8, 4) is 0 Å². The third-order valence-electron chi connectivity index (χ3n) is 5.93. The number of hydrogen-bond acceptors (Lipinski definition) is 3. The molecule has 1 N–H and O–H groups in total. The molecule has 0 spiro atoms. The molecule has 0 fully saturated rings. The van der Waals surface area contributed by atoms with Gasteiger partial charge in [0.25, 0.3) is 0 Å². The summed E-state index contributed by atoms with van der Waals surface area (Å²) in [5.74, 6) is 0.743. The Morgan fingerprint density at radius 1 is 0.892 bits per heavy atom. The zero-order valence-electron chi connectivity index (χ0n) is 21.6. The Morgan fingerprint density at radius 2 is 1.59 bits per heavy atom. The number of halogens is 2. The van der Waals surface area contributed by atoms with E-state index in [1.807, 2.05) is 43.3 Å². The van der Waals surface area contributed by atoms with Gasteiger partial charge in [-0.3, -0.25) is 9.59 Å². The van der Waals surface area contributed by atoms with E-state index in [-0.39, 0.29) is 24.1 Å². The van der Waals surface area contributed by atoms with Gasteiger partial charge in [0.1, 0.15) is 6.04 Å². The van der Waals surface area contributed by atoms with Crippen molar-refractivity contribution in [3.63, 3.8) is 0 Å². The molecule has 37 heavy (non-hydrogen) atoms. The van der Waals surface area contributed by atoms with Crippen LogP contribution in [0.15, 0.2) is 66.7 Å². The molecule has 3 aromatic carbocycles. The van der Waals surface area contributed by atoms with Crippen LogP contribution in [0.25, 0.3) is 0 Å². The maximum Gasteiger partial charge on any atom is 0.243 e. The van der Waals surface area contributed by atoms with E-state index in [1.54, 1.807) is 28.8 Å². The van der Waals surface area contributed by atoms with E-state index in [0.29, 0.717) is 23.0 Å². The second kappa shape index (κ2) is 14.5. The number of rotatable bonds is 12. The first-order chi connectivity index (χ1) is 17.8. The highest BCUT2D eigenvalue weighted by molar-refractivity contribution is 7.99. The summed E-state index contributed by atoms with van der Waals surface area (Å²) in [6.07, 6.45) is 1.24. The Balaban J connectivity index is 1.86. The average Bonchev–Trinajstić information content (AvgIpc) is 2.86. The molecule has 0 saturated heterocycles. The molecule has 196 valence electrons. The number of nitrogens with zero attached hydrogens (tertiary/aromatic N) is 1. The van der Waals surface area contributed by atoms with E-state index in [0.717, 1.165) is 23.3 Å². The van der Waals surface area contributed by atoms with Crippen LogP contribution in [0.4, 0.5) is 0 Å². The van der Waals surface area contributed by atoms with Crippen LogP contribution in [-0.4, -0.2) is 35.1 Å². The maximum absolute atomic E-state index is 13.7. The molecule has 2 amide bonds. The lowest BCUT2D eigenvalue weighted by atomic mass is 10.0. The molecule has 0 unspecified atom stereocenters. The highest BCUT2D eigenvalue weighted by Gasteiger charge is 2.30. The summed E-state index contributed by atoms with van der Waals surface area (Å²) in [7, 11) is 0. The first-order valence-electron chi connectivity index (χ1n) is 12.5. The monoisotopic (exact) mass is 556 g/mol. The highest BCUT2D eigenvalue weighted by Crippen LogP contribution is 2.25. The fourth-order valence-corrected chi connectivity index (χ4v) is 5.41. The molecule has 0 aromatic heterocycles. The SMILES string of the molecule is CCCNC(=O)[C@@H](Cc1ccccc1)N(Cc1ccc(Cl)c(Cl)c1)C(=O)CSCc1cc(C)cc(C)c1. The van der Waals surface area contributed by atoms with Crippen molar-refractivity contribution in [1.82, 2.24) is 10.2 Å². The van der Waals surface area contributed by atoms with Gasteiger partial charge in [0.05, 0.1) is 15.8 Å². The van der Waals surface area contributed by atoms with Crippen LogP contribution in [0.1, 0.15) is 41.2 Å². The predicted molar refractivity (Wildman–Crippen MR) is 156 cm³/mol. The molecule has 7 heteroatoms. The Hall–Kier alpha value is -2.47. The van der Waals surface area contributed by atoms with Crippen molar-refractivity contribution in [1.29, 1.82) is 0 Å². The average molecular weight is 558 g/mol. The fraction of sp³-hybridized carbons (Fsp3) is 0.333. The zero-order chi connectivity index (χ0) is 26.8. The molecule has 0 heterocycles. The topological polar surface area (TPSA) is 49.4 Å². The summed E-state index contributed by atoms with van der Waals surface area (Å²) < 4.78 is 0. The van der Waals surface area contributed by atoms with Gasteiger partial charge in [-0.15, -0.1) is 11.8 Å². The van der Waals surface area contributed by atoms with Crippen LogP contribution in [0.3, 0.4) is 0 Å². The van der Waals surface area contributed by atoms with Crippen molar-refractivity contribution in [2.24, 2.45) is 0 Å². The van der Waals surface area contributed by atoms with E-state index >= 15 is 0 Å². The molecule has 0 aliphatic heterocycles. The Bertz CT molecular complexity index is 1180. The van der Waals surface area contributed by atoms with Gasteiger partial charge in [-0.05, 0) is 49.1 Å². The molecule has 1 atom stereocenters. The Morgan fingerprint density at radius 3 is 2.24 bits per heavy atom. The van der Waals surface area contributed by atoms with Crippen molar-refractivity contribution in [2.45, 2.75) is 52.0 Å². The summed E-state index contributed by atoms with van der Waals surface area (Å²) >= 11 is 14.0. The summed E-state index contributed by atoms with van der Waals surface area (Å²) in [6, 6.07) is 20.9. The van der Waals surface area contributed by atoms with Gasteiger partial charge in [0.2, 0.25) is 11.8 Å². The number of hydrogen-bond donors (Lipinski definition) is 1. The fourth-order valence-electron chi connectivity index (χ4n) is 4.25. The lowest BCUT2D eigenvalue weighted by Crippen LogP contribution is -2.51. The number of amides is 2. The van der Waals surface area contributed by atoms with Crippen LogP contribution in [-0.2, 0) is 28.3 Å². The van der Waals surface area contributed by atoms with E-state index in [2.05, 4.69) is 37.4 Å². The second-order valence-corrected chi connectivity index (χ2v) is 11.1. The summed E-state index contributed by atoms with van der Waals surface area (Å²) in [6.45, 7) is 6.98. The first kappa shape index (κ1) is 29.1. The summed E-state index contributed by atoms with van der Waals surface area (Å²) in [5, 5.41) is 3.88. The van der Waals surface area contributed by atoms with Crippen molar-refractivity contribution < 1.29 is 9.59 Å². The first-order valence-corrected chi connectivity index (χ1v) is 14.4. The van der Waals surface area contributed by atoms with Gasteiger partial charge >= 0.3 is 0 Å². The van der Waals surface area contributed by atoms with Crippen molar-refractivity contribution >= 4 is 46.8 Å². The number of nitrogens with one attached hydrogen (secondary N) is 1. The lowest BCUT2D eigenvalue weighted by Gasteiger charge is -2.31. The third-order valence-corrected chi connectivity index (χ3v) is 7.66. The molecule has 0 radical (unpaired) electrons. The quantitative estimate of drug-likeness (QED) is 0.261. The molecular weight excluding hydrogens is 523 g/mol. The van der Waals surface area contributed by atoms with Gasteiger partial charge < -0.3 is 10.2 Å². The molecule has 3 rings (SSSR count). The number of carbonyl (C=O) groups excluding carboxylic acids is 2. The van der Waals surface area contributed by atoms with Crippen LogP contribution in [0, 0.1) is 13.8 Å². The number of thioether (sulfide) groups is 1. The van der Waals surface area contributed by atoms with Gasteiger partial charge in [-0.1, -0.05) is 95.8 Å². The largest absolute Gasteiger partial charge is 0.354 e. The van der Waals surface area contributed by atoms with E-state index in [4.69, 9.17) is 23.2 Å². The van der Waals surface area contributed by atoms with Crippen LogP contribution < -0.4 is 5.32 Å².